The maximum absolute atomic E-state index is 10.9. The fourth-order valence-electron chi connectivity index (χ4n) is 2.73. The van der Waals surface area contributed by atoms with Crippen LogP contribution in [0.1, 0.15) is 43.1 Å². The molecule has 0 amide bonds. The van der Waals surface area contributed by atoms with E-state index in [0.29, 0.717) is 12.3 Å². The van der Waals surface area contributed by atoms with Gasteiger partial charge in [0.15, 0.2) is 0 Å². The summed E-state index contributed by atoms with van der Waals surface area (Å²) >= 11 is 0. The van der Waals surface area contributed by atoms with Gasteiger partial charge in [-0.3, -0.25) is 9.80 Å². The van der Waals surface area contributed by atoms with Crippen molar-refractivity contribution >= 4 is 5.97 Å². The highest BCUT2D eigenvalue weighted by Crippen LogP contribution is 2.24. The highest BCUT2D eigenvalue weighted by molar-refractivity contribution is 5.84. The molecular formula is C15H24N2O4. The van der Waals surface area contributed by atoms with Gasteiger partial charge in [0.25, 0.3) is 0 Å². The summed E-state index contributed by atoms with van der Waals surface area (Å²) in [5, 5.41) is 18.7. The van der Waals surface area contributed by atoms with Gasteiger partial charge in [-0.15, -0.1) is 0 Å². The van der Waals surface area contributed by atoms with Gasteiger partial charge in [0.1, 0.15) is 5.76 Å². The Bertz CT molecular complexity index is 484. The van der Waals surface area contributed by atoms with E-state index in [0.717, 1.165) is 26.2 Å². The summed E-state index contributed by atoms with van der Waals surface area (Å²) in [6.45, 7) is 9.86. The second kappa shape index (κ2) is 6.17. The minimum Gasteiger partial charge on any atom is -0.475 e. The topological polar surface area (TPSA) is 77.2 Å². The van der Waals surface area contributed by atoms with Crippen LogP contribution in [-0.4, -0.2) is 64.3 Å². The van der Waals surface area contributed by atoms with Gasteiger partial charge < -0.3 is 14.6 Å². The average molecular weight is 296 g/mol. The molecule has 2 N–H and O–H groups in total. The largest absolute Gasteiger partial charge is 0.475 e. The summed E-state index contributed by atoms with van der Waals surface area (Å²) in [5.41, 5.74) is -0.675. The number of β-amino-alcohol motifs (C(OH)–C–C–N with tert-alkyl or cyclic N) is 1. The second-order valence-electron chi connectivity index (χ2n) is 6.31. The van der Waals surface area contributed by atoms with Gasteiger partial charge in [0.2, 0.25) is 5.76 Å². The molecule has 0 saturated carbocycles. The molecule has 21 heavy (non-hydrogen) atoms. The van der Waals surface area contributed by atoms with E-state index in [-0.39, 0.29) is 11.8 Å². The van der Waals surface area contributed by atoms with Crippen LogP contribution in [0.3, 0.4) is 0 Å². The Labute approximate surface area is 125 Å². The third-order valence-electron chi connectivity index (χ3n) is 3.81. The molecule has 118 valence electrons. The highest BCUT2D eigenvalue weighted by atomic mass is 16.4. The minimum absolute atomic E-state index is 0.0162. The molecule has 1 aromatic rings. The molecule has 0 aliphatic carbocycles. The Morgan fingerprint density at radius 2 is 1.95 bits per heavy atom. The zero-order valence-corrected chi connectivity index (χ0v) is 12.9. The SMILES string of the molecule is CC(c1ccc(C(=O)O)o1)N1CCN(CC(C)(C)O)CC1. The normalized spacial score (nSPS) is 19.6. The molecule has 1 saturated heterocycles. The predicted octanol–water partition coefficient (Wildman–Crippen LogP) is 1.43. The van der Waals surface area contributed by atoms with Crippen molar-refractivity contribution in [3.8, 4) is 0 Å². The molecule has 2 heterocycles. The van der Waals surface area contributed by atoms with Crippen LogP contribution in [0.5, 0.6) is 0 Å². The standard InChI is InChI=1S/C15H24N2O4/c1-11(12-4-5-13(21-12)14(18)19)17-8-6-16(7-9-17)10-15(2,3)20/h4-5,11,20H,6-10H2,1-3H3,(H,18,19). The van der Waals surface area contributed by atoms with Gasteiger partial charge in [0.05, 0.1) is 11.6 Å². The van der Waals surface area contributed by atoms with Crippen molar-refractivity contribution in [2.75, 3.05) is 32.7 Å². The van der Waals surface area contributed by atoms with Crippen LogP contribution in [0.2, 0.25) is 0 Å². The minimum atomic E-state index is -1.04. The zero-order valence-electron chi connectivity index (χ0n) is 12.9. The highest BCUT2D eigenvalue weighted by Gasteiger charge is 2.27. The number of hydrogen-bond donors (Lipinski definition) is 2. The van der Waals surface area contributed by atoms with Crippen LogP contribution in [-0.2, 0) is 0 Å². The molecular weight excluding hydrogens is 272 g/mol. The molecule has 1 unspecified atom stereocenters. The molecule has 2 rings (SSSR count). The summed E-state index contributed by atoms with van der Waals surface area (Å²) in [6.07, 6.45) is 0. The molecule has 0 spiro atoms. The van der Waals surface area contributed by atoms with Gasteiger partial charge in [-0.05, 0) is 32.9 Å². The average Bonchev–Trinajstić information content (AvgIpc) is 2.86. The fraction of sp³-hybridized carbons (Fsp3) is 0.667. The first kappa shape index (κ1) is 16.0. The molecule has 1 atom stereocenters. The van der Waals surface area contributed by atoms with E-state index in [1.807, 2.05) is 20.8 Å². The number of carbonyl (C=O) groups is 1. The first-order valence-electron chi connectivity index (χ1n) is 7.28. The van der Waals surface area contributed by atoms with E-state index >= 15 is 0 Å². The molecule has 1 aromatic heterocycles. The molecule has 0 bridgehead atoms. The van der Waals surface area contributed by atoms with Crippen molar-refractivity contribution in [1.29, 1.82) is 0 Å². The summed E-state index contributed by atoms with van der Waals surface area (Å²) in [7, 11) is 0. The molecule has 1 aliphatic heterocycles. The van der Waals surface area contributed by atoms with E-state index in [4.69, 9.17) is 9.52 Å². The number of carboxylic acids is 1. The van der Waals surface area contributed by atoms with Crippen molar-refractivity contribution in [2.45, 2.75) is 32.4 Å². The summed E-state index contributed by atoms with van der Waals surface area (Å²) < 4.78 is 5.37. The van der Waals surface area contributed by atoms with Crippen molar-refractivity contribution in [3.05, 3.63) is 23.7 Å². The number of aliphatic hydroxyl groups is 1. The lowest BCUT2D eigenvalue weighted by molar-refractivity contribution is 0.0104. The van der Waals surface area contributed by atoms with Crippen LogP contribution in [0, 0.1) is 0 Å². The molecule has 1 fully saturated rings. The van der Waals surface area contributed by atoms with Crippen LogP contribution < -0.4 is 0 Å². The first-order chi connectivity index (χ1) is 9.76. The number of aromatic carboxylic acids is 1. The number of hydrogen-bond acceptors (Lipinski definition) is 5. The smallest absolute Gasteiger partial charge is 0.371 e. The molecule has 0 radical (unpaired) electrons. The maximum Gasteiger partial charge on any atom is 0.371 e. The van der Waals surface area contributed by atoms with Crippen molar-refractivity contribution in [2.24, 2.45) is 0 Å². The van der Waals surface area contributed by atoms with Crippen LogP contribution in [0.15, 0.2) is 16.5 Å². The lowest BCUT2D eigenvalue weighted by Crippen LogP contribution is -2.50. The van der Waals surface area contributed by atoms with Crippen molar-refractivity contribution in [1.82, 2.24) is 9.80 Å². The third-order valence-corrected chi connectivity index (χ3v) is 3.81. The summed E-state index contributed by atoms with van der Waals surface area (Å²) in [6, 6.07) is 3.29. The Kier molecular flexibility index (Phi) is 4.70. The van der Waals surface area contributed by atoms with E-state index in [2.05, 4.69) is 9.80 Å². The number of piperazine rings is 1. The van der Waals surface area contributed by atoms with E-state index in [9.17, 15) is 9.90 Å². The van der Waals surface area contributed by atoms with Gasteiger partial charge in [-0.2, -0.15) is 0 Å². The number of carboxylic acid groups (broad SMARTS) is 1. The Morgan fingerprint density at radius 1 is 1.33 bits per heavy atom. The van der Waals surface area contributed by atoms with Crippen LogP contribution in [0.4, 0.5) is 0 Å². The van der Waals surface area contributed by atoms with Gasteiger partial charge >= 0.3 is 5.97 Å². The van der Waals surface area contributed by atoms with E-state index in [1.54, 1.807) is 6.07 Å². The van der Waals surface area contributed by atoms with Crippen molar-refractivity contribution in [3.63, 3.8) is 0 Å². The molecule has 6 nitrogen and oxygen atoms in total. The van der Waals surface area contributed by atoms with Gasteiger partial charge in [-0.25, -0.2) is 4.79 Å². The lowest BCUT2D eigenvalue weighted by atomic mass is 10.1. The monoisotopic (exact) mass is 296 g/mol. The maximum atomic E-state index is 10.9. The number of furan rings is 1. The Hall–Kier alpha value is -1.37. The van der Waals surface area contributed by atoms with Gasteiger partial charge in [0, 0.05) is 32.7 Å². The summed E-state index contributed by atoms with van der Waals surface area (Å²) in [4.78, 5) is 15.4. The quantitative estimate of drug-likeness (QED) is 0.856. The second-order valence-corrected chi connectivity index (χ2v) is 6.31. The number of rotatable bonds is 5. The van der Waals surface area contributed by atoms with Crippen LogP contribution >= 0.6 is 0 Å². The third kappa shape index (κ3) is 4.30. The molecule has 0 aromatic carbocycles. The predicted molar refractivity (Wildman–Crippen MR) is 78.4 cm³/mol. The summed E-state index contributed by atoms with van der Waals surface area (Å²) in [5.74, 6) is -0.371. The van der Waals surface area contributed by atoms with Crippen LogP contribution in [0.25, 0.3) is 0 Å². The fourth-order valence-corrected chi connectivity index (χ4v) is 2.73. The number of nitrogens with zero attached hydrogens (tertiary/aromatic N) is 2. The Morgan fingerprint density at radius 3 is 2.43 bits per heavy atom. The molecule has 1 aliphatic rings. The Balaban J connectivity index is 1.90. The van der Waals surface area contributed by atoms with E-state index < -0.39 is 11.6 Å². The first-order valence-corrected chi connectivity index (χ1v) is 7.28. The zero-order chi connectivity index (χ0) is 15.6. The van der Waals surface area contributed by atoms with Gasteiger partial charge in [-0.1, -0.05) is 0 Å². The van der Waals surface area contributed by atoms with E-state index in [1.165, 1.54) is 6.07 Å². The lowest BCUT2D eigenvalue weighted by Gasteiger charge is -2.39. The molecule has 6 heteroatoms. The van der Waals surface area contributed by atoms with Crippen molar-refractivity contribution < 1.29 is 19.4 Å².